The number of rotatable bonds is 6. The quantitative estimate of drug-likeness (QED) is 0.404. The third kappa shape index (κ3) is 6.34. The van der Waals surface area contributed by atoms with Crippen molar-refractivity contribution in [3.05, 3.63) is 39.9 Å². The number of ether oxygens (including phenoxy) is 1. The van der Waals surface area contributed by atoms with Crippen molar-refractivity contribution in [1.29, 1.82) is 0 Å². The van der Waals surface area contributed by atoms with Crippen molar-refractivity contribution in [2.75, 3.05) is 0 Å². The van der Waals surface area contributed by atoms with Crippen LogP contribution in [0.2, 0.25) is 0 Å². The van der Waals surface area contributed by atoms with E-state index < -0.39 is 47.0 Å². The summed E-state index contributed by atoms with van der Waals surface area (Å²) in [5.74, 6) is 0.469. The molecular weight excluding hydrogens is 569 g/mol. The number of amidine groups is 1. The van der Waals surface area contributed by atoms with Gasteiger partial charge >= 0.3 is 13.2 Å². The monoisotopic (exact) mass is 605 g/mol. The number of thiophene rings is 1. The Kier molecular flexibility index (Phi) is 8.04. The van der Waals surface area contributed by atoms with Gasteiger partial charge in [-0.15, -0.1) is 11.3 Å². The molecule has 2 fully saturated rings. The van der Waals surface area contributed by atoms with Gasteiger partial charge in [0.2, 0.25) is 0 Å². The Morgan fingerprint density at radius 2 is 1.88 bits per heavy atom. The van der Waals surface area contributed by atoms with E-state index in [0.29, 0.717) is 29.4 Å². The van der Waals surface area contributed by atoms with Gasteiger partial charge in [-0.1, -0.05) is 29.8 Å². The lowest BCUT2D eigenvalue weighted by molar-refractivity contribution is 0.00578. The van der Waals surface area contributed by atoms with E-state index in [0.717, 1.165) is 33.3 Å². The number of alkyl carbamates (subject to hydrolysis) is 1. The van der Waals surface area contributed by atoms with Crippen LogP contribution >= 0.6 is 22.9 Å². The van der Waals surface area contributed by atoms with Crippen LogP contribution < -0.4 is 15.5 Å². The van der Waals surface area contributed by atoms with E-state index in [9.17, 15) is 9.00 Å². The molecule has 2 unspecified atom stereocenters. The smallest absolute Gasteiger partial charge is 0.444 e. The van der Waals surface area contributed by atoms with Crippen LogP contribution in [-0.4, -0.2) is 45.3 Å². The molecule has 1 saturated heterocycles. The predicted octanol–water partition coefficient (Wildman–Crippen LogP) is 5.82. The Balaban J connectivity index is 1.50. The standard InChI is InChI=1S/C28H37BClN3O5S2/c1-26(2,3)36-25(34)32-21-14-13-19(30)22(31-21)23(33-40(35)17-11-12-17)20-15-16-9-8-10-18(24(16)39-20)29-37-27(4,5)28(6,7)38-29/h8-10,15,17,23,33H,11-14H2,1-7H3,(H,31,32,34). The summed E-state index contributed by atoms with van der Waals surface area (Å²) in [7, 11) is -1.77. The van der Waals surface area contributed by atoms with E-state index in [1.165, 1.54) is 0 Å². The number of carbonyl (C=O) groups is 1. The highest BCUT2D eigenvalue weighted by Crippen LogP contribution is 2.41. The molecular formula is C28H37BClN3O5S2. The molecule has 216 valence electrons. The summed E-state index contributed by atoms with van der Waals surface area (Å²) in [6, 6.07) is 7.64. The highest BCUT2D eigenvalue weighted by atomic mass is 35.5. The summed E-state index contributed by atoms with van der Waals surface area (Å²) in [6.45, 7) is 13.6. The minimum Gasteiger partial charge on any atom is -0.444 e. The molecule has 12 heteroatoms. The van der Waals surface area contributed by atoms with Gasteiger partial charge in [0.1, 0.15) is 11.4 Å². The topological polar surface area (TPSA) is 98.2 Å². The molecule has 40 heavy (non-hydrogen) atoms. The molecule has 0 bridgehead atoms. The largest absolute Gasteiger partial charge is 0.496 e. The zero-order valence-corrected chi connectivity index (χ0v) is 26.4. The van der Waals surface area contributed by atoms with Crippen LogP contribution in [0.25, 0.3) is 10.1 Å². The lowest BCUT2D eigenvalue weighted by atomic mass is 9.78. The zero-order chi connectivity index (χ0) is 29.0. The number of halogens is 1. The summed E-state index contributed by atoms with van der Waals surface area (Å²) in [6.07, 6.45) is 2.25. The summed E-state index contributed by atoms with van der Waals surface area (Å²) in [5.41, 5.74) is -0.0478. The second-order valence-electron chi connectivity index (χ2n) is 12.5. The summed E-state index contributed by atoms with van der Waals surface area (Å²) in [5, 5.41) is 4.49. The Labute approximate surface area is 248 Å². The number of amides is 1. The van der Waals surface area contributed by atoms with Crippen molar-refractivity contribution in [3.8, 4) is 0 Å². The number of fused-ring (bicyclic) bond motifs is 1. The predicted molar refractivity (Wildman–Crippen MR) is 163 cm³/mol. The van der Waals surface area contributed by atoms with Crippen molar-refractivity contribution < 1.29 is 23.0 Å². The van der Waals surface area contributed by atoms with Crippen LogP contribution in [0.4, 0.5) is 4.79 Å². The average molecular weight is 606 g/mol. The summed E-state index contributed by atoms with van der Waals surface area (Å²) in [4.78, 5) is 18.1. The van der Waals surface area contributed by atoms with Crippen LogP contribution in [0.5, 0.6) is 0 Å². The number of benzene rings is 1. The fraction of sp³-hybridized carbons (Fsp3) is 0.571. The number of hydrogen-bond acceptors (Lipinski definition) is 7. The Hall–Kier alpha value is -1.76. The molecule has 2 aromatic rings. The first-order chi connectivity index (χ1) is 18.6. The van der Waals surface area contributed by atoms with Crippen LogP contribution in [0.3, 0.4) is 0 Å². The Morgan fingerprint density at radius 1 is 1.20 bits per heavy atom. The SMILES string of the molecule is CC(C)(C)OC(=O)NC1=NC(C(NS(=O)C2CC2)c2cc3cccc(B4OC(C)(C)C(C)(C)O4)c3s2)=C(Cl)CC1. The third-order valence-electron chi connectivity index (χ3n) is 7.48. The molecule has 3 heterocycles. The normalized spacial score (nSPS) is 22.3. The molecule has 2 aliphatic heterocycles. The zero-order valence-electron chi connectivity index (χ0n) is 24.1. The molecule has 0 radical (unpaired) electrons. The lowest BCUT2D eigenvalue weighted by Crippen LogP contribution is -2.41. The highest BCUT2D eigenvalue weighted by molar-refractivity contribution is 7.84. The number of carbonyl (C=O) groups excluding carboxylic acids is 1. The van der Waals surface area contributed by atoms with Crippen molar-refractivity contribution in [2.24, 2.45) is 4.99 Å². The number of aliphatic imine (C=N–C) groups is 1. The van der Waals surface area contributed by atoms with E-state index in [1.54, 1.807) is 11.3 Å². The first kappa shape index (κ1) is 29.7. The summed E-state index contributed by atoms with van der Waals surface area (Å²) >= 11 is 8.35. The van der Waals surface area contributed by atoms with Gasteiger partial charge < -0.3 is 14.0 Å². The van der Waals surface area contributed by atoms with Crippen LogP contribution in [0, 0.1) is 0 Å². The maximum absolute atomic E-state index is 13.1. The van der Waals surface area contributed by atoms with Gasteiger partial charge in [-0.25, -0.2) is 18.7 Å². The van der Waals surface area contributed by atoms with Crippen molar-refractivity contribution in [1.82, 2.24) is 10.0 Å². The number of nitrogens with zero attached hydrogens (tertiary/aromatic N) is 1. The first-order valence-electron chi connectivity index (χ1n) is 13.6. The molecule has 1 aromatic heterocycles. The third-order valence-corrected chi connectivity index (χ3v) is 10.7. The van der Waals surface area contributed by atoms with E-state index in [1.807, 2.05) is 60.6 Å². The van der Waals surface area contributed by atoms with E-state index in [4.69, 9.17) is 30.6 Å². The maximum Gasteiger partial charge on any atom is 0.496 e. The van der Waals surface area contributed by atoms with Crippen molar-refractivity contribution in [2.45, 2.75) is 102 Å². The molecule has 5 rings (SSSR count). The maximum atomic E-state index is 13.1. The van der Waals surface area contributed by atoms with Gasteiger partial charge in [0.05, 0.1) is 33.9 Å². The molecule has 1 saturated carbocycles. The van der Waals surface area contributed by atoms with E-state index >= 15 is 0 Å². The Morgan fingerprint density at radius 3 is 2.50 bits per heavy atom. The second-order valence-corrected chi connectivity index (χ2v) is 15.6. The highest BCUT2D eigenvalue weighted by Gasteiger charge is 2.52. The van der Waals surface area contributed by atoms with Crippen LogP contribution in [0.1, 0.15) is 85.1 Å². The molecule has 0 spiro atoms. The van der Waals surface area contributed by atoms with Gasteiger partial charge in [0, 0.05) is 31.7 Å². The molecule has 3 aliphatic rings. The Bertz CT molecular complexity index is 1390. The van der Waals surface area contributed by atoms with Gasteiger partial charge in [-0.2, -0.15) is 0 Å². The molecule has 1 aromatic carbocycles. The van der Waals surface area contributed by atoms with Crippen LogP contribution in [0.15, 0.2) is 40.0 Å². The van der Waals surface area contributed by atoms with Crippen molar-refractivity contribution >= 4 is 68.5 Å². The van der Waals surface area contributed by atoms with Gasteiger partial charge in [-0.05, 0) is 79.2 Å². The minimum atomic E-state index is -1.26. The second kappa shape index (κ2) is 10.8. The minimum absolute atomic E-state index is 0.114. The summed E-state index contributed by atoms with van der Waals surface area (Å²) < 4.78 is 35.6. The van der Waals surface area contributed by atoms with Gasteiger partial charge in [-0.3, -0.25) is 5.32 Å². The van der Waals surface area contributed by atoms with Gasteiger partial charge in [0.25, 0.3) is 0 Å². The molecule has 8 nitrogen and oxygen atoms in total. The fourth-order valence-electron chi connectivity index (χ4n) is 4.50. The number of nitrogens with one attached hydrogen (secondary N) is 2. The first-order valence-corrected chi connectivity index (χ1v) is 16.1. The van der Waals surface area contributed by atoms with Crippen LogP contribution in [-0.2, 0) is 25.0 Å². The van der Waals surface area contributed by atoms with E-state index in [-0.39, 0.29) is 5.25 Å². The number of hydrogen-bond donors (Lipinski definition) is 2. The fourth-order valence-corrected chi connectivity index (χ4v) is 7.28. The van der Waals surface area contributed by atoms with Gasteiger partial charge in [0.15, 0.2) is 0 Å². The average Bonchev–Trinajstić information content (AvgIpc) is 3.55. The molecule has 2 atom stereocenters. The number of allylic oxidation sites excluding steroid dienone is 1. The lowest BCUT2D eigenvalue weighted by Gasteiger charge is -2.32. The molecule has 1 aliphatic carbocycles. The van der Waals surface area contributed by atoms with E-state index in [2.05, 4.69) is 22.2 Å². The molecule has 2 N–H and O–H groups in total. The molecule has 1 amide bonds. The van der Waals surface area contributed by atoms with Crippen molar-refractivity contribution in [3.63, 3.8) is 0 Å².